The SMILES string of the molecule is C[C@@H](NC(=O)[C@@H](Cc1cccc(C(F)(F)F)c1)NC(=O)OC(C)(C)C)c1ccc(OCC(F)(F)F)cn1. The number of nitrogens with one attached hydrogen (secondary N) is 2. The number of amides is 2. The van der Waals surface area contributed by atoms with Crippen molar-refractivity contribution in [1.29, 1.82) is 0 Å². The quantitative estimate of drug-likeness (QED) is 0.445. The van der Waals surface area contributed by atoms with E-state index in [0.29, 0.717) is 0 Å². The van der Waals surface area contributed by atoms with E-state index in [2.05, 4.69) is 20.4 Å². The van der Waals surface area contributed by atoms with Gasteiger partial charge in [-0.3, -0.25) is 9.78 Å². The van der Waals surface area contributed by atoms with E-state index in [0.717, 1.165) is 18.3 Å². The minimum absolute atomic E-state index is 0.131. The maximum atomic E-state index is 13.1. The fraction of sp³-hybridized carbons (Fsp3) is 0.458. The van der Waals surface area contributed by atoms with Gasteiger partial charge in [0, 0.05) is 6.42 Å². The predicted molar refractivity (Wildman–Crippen MR) is 121 cm³/mol. The maximum absolute atomic E-state index is 13.1. The molecule has 1 heterocycles. The summed E-state index contributed by atoms with van der Waals surface area (Å²) >= 11 is 0. The van der Waals surface area contributed by atoms with Gasteiger partial charge in [-0.25, -0.2) is 4.79 Å². The Morgan fingerprint density at radius 3 is 2.22 bits per heavy atom. The number of hydrogen-bond acceptors (Lipinski definition) is 5. The minimum Gasteiger partial charge on any atom is -0.483 e. The molecule has 0 radical (unpaired) electrons. The van der Waals surface area contributed by atoms with E-state index in [1.54, 1.807) is 20.8 Å². The van der Waals surface area contributed by atoms with Crippen molar-refractivity contribution in [2.24, 2.45) is 0 Å². The molecule has 0 bridgehead atoms. The molecule has 2 atom stereocenters. The minimum atomic E-state index is -4.59. The fourth-order valence-electron chi connectivity index (χ4n) is 3.06. The zero-order valence-electron chi connectivity index (χ0n) is 20.5. The zero-order chi connectivity index (χ0) is 28.0. The normalized spacial score (nSPS) is 13.9. The number of benzene rings is 1. The molecule has 204 valence electrons. The number of carbonyl (C=O) groups excluding carboxylic acids is 2. The van der Waals surface area contributed by atoms with Crippen molar-refractivity contribution in [2.45, 2.75) is 64.2 Å². The van der Waals surface area contributed by atoms with E-state index in [4.69, 9.17) is 4.74 Å². The molecular formula is C24H27F6N3O4. The highest BCUT2D eigenvalue weighted by Gasteiger charge is 2.32. The highest BCUT2D eigenvalue weighted by atomic mass is 19.4. The Morgan fingerprint density at radius 1 is 1.00 bits per heavy atom. The van der Waals surface area contributed by atoms with Gasteiger partial charge in [-0.1, -0.05) is 18.2 Å². The lowest BCUT2D eigenvalue weighted by molar-refractivity contribution is -0.153. The van der Waals surface area contributed by atoms with Crippen LogP contribution in [-0.2, 0) is 22.1 Å². The first-order valence-corrected chi connectivity index (χ1v) is 11.0. The summed E-state index contributed by atoms with van der Waals surface area (Å²) in [6.45, 7) is 4.85. The summed E-state index contributed by atoms with van der Waals surface area (Å²) < 4.78 is 86.0. The van der Waals surface area contributed by atoms with Crippen molar-refractivity contribution in [2.75, 3.05) is 6.61 Å². The first kappa shape index (κ1) is 29.7. The van der Waals surface area contributed by atoms with Crippen LogP contribution in [-0.4, -0.2) is 41.4 Å². The van der Waals surface area contributed by atoms with Gasteiger partial charge in [0.2, 0.25) is 5.91 Å². The summed E-state index contributed by atoms with van der Waals surface area (Å²) in [5, 5.41) is 4.97. The summed E-state index contributed by atoms with van der Waals surface area (Å²) in [5.74, 6) is -0.872. The van der Waals surface area contributed by atoms with Crippen LogP contribution in [0.1, 0.15) is 50.6 Å². The van der Waals surface area contributed by atoms with Crippen LogP contribution in [0, 0.1) is 0 Å². The van der Waals surface area contributed by atoms with Crippen LogP contribution in [0.25, 0.3) is 0 Å². The van der Waals surface area contributed by atoms with Crippen molar-refractivity contribution in [3.05, 3.63) is 59.4 Å². The van der Waals surface area contributed by atoms with Crippen molar-refractivity contribution in [3.8, 4) is 5.75 Å². The molecule has 2 amide bonds. The Bertz CT molecular complexity index is 1070. The Balaban J connectivity index is 2.17. The number of ether oxygens (including phenoxy) is 2. The third kappa shape index (κ3) is 10.6. The van der Waals surface area contributed by atoms with Crippen molar-refractivity contribution in [1.82, 2.24) is 15.6 Å². The van der Waals surface area contributed by atoms with Crippen molar-refractivity contribution in [3.63, 3.8) is 0 Å². The van der Waals surface area contributed by atoms with Crippen LogP contribution < -0.4 is 15.4 Å². The number of hydrogen-bond donors (Lipinski definition) is 2. The Labute approximate surface area is 209 Å². The molecule has 0 aliphatic rings. The van der Waals surface area contributed by atoms with E-state index in [1.165, 1.54) is 31.2 Å². The van der Waals surface area contributed by atoms with Gasteiger partial charge in [0.05, 0.1) is 23.5 Å². The lowest BCUT2D eigenvalue weighted by Gasteiger charge is -2.24. The third-order valence-corrected chi connectivity index (χ3v) is 4.67. The van der Waals surface area contributed by atoms with Crippen LogP contribution in [0.2, 0.25) is 0 Å². The number of alkyl halides is 6. The monoisotopic (exact) mass is 535 g/mol. The largest absolute Gasteiger partial charge is 0.483 e. The number of nitrogens with zero attached hydrogens (tertiary/aromatic N) is 1. The molecule has 0 saturated heterocycles. The molecule has 2 N–H and O–H groups in total. The second-order valence-electron chi connectivity index (χ2n) is 9.15. The number of carbonyl (C=O) groups is 2. The van der Waals surface area contributed by atoms with E-state index in [-0.39, 0.29) is 23.4 Å². The summed E-state index contributed by atoms with van der Waals surface area (Å²) in [6, 6.07) is 4.85. The second kappa shape index (κ2) is 11.7. The van der Waals surface area contributed by atoms with Gasteiger partial charge >= 0.3 is 18.4 Å². The molecule has 13 heteroatoms. The fourth-order valence-corrected chi connectivity index (χ4v) is 3.06. The third-order valence-electron chi connectivity index (χ3n) is 4.67. The van der Waals surface area contributed by atoms with Crippen LogP contribution in [0.15, 0.2) is 42.6 Å². The van der Waals surface area contributed by atoms with Gasteiger partial charge in [0.15, 0.2) is 6.61 Å². The summed E-state index contributed by atoms with van der Waals surface area (Å²) in [6.07, 6.45) is -9.28. The number of alkyl carbamates (subject to hydrolysis) is 1. The van der Waals surface area contributed by atoms with Crippen LogP contribution in [0.3, 0.4) is 0 Å². The molecule has 1 aromatic carbocycles. The molecule has 7 nitrogen and oxygen atoms in total. The Kier molecular flexibility index (Phi) is 9.39. The van der Waals surface area contributed by atoms with Gasteiger partial charge in [-0.2, -0.15) is 26.3 Å². The van der Waals surface area contributed by atoms with Gasteiger partial charge in [0.1, 0.15) is 17.4 Å². The highest BCUT2D eigenvalue weighted by molar-refractivity contribution is 5.86. The standard InChI is InChI=1S/C24H27F6N3O4/c1-14(18-9-8-17(12-31-18)36-13-23(25,26)27)32-20(34)19(33-21(35)37-22(2,3)4)11-15-6-5-7-16(10-15)24(28,29)30/h5-10,12,14,19H,11,13H2,1-4H3,(H,32,34)(H,33,35)/t14-,19-/m1/s1. The molecule has 0 unspecified atom stereocenters. The summed E-state index contributed by atoms with van der Waals surface area (Å²) in [4.78, 5) is 29.3. The summed E-state index contributed by atoms with van der Waals surface area (Å²) in [7, 11) is 0. The van der Waals surface area contributed by atoms with E-state index < -0.39 is 54.2 Å². The topological polar surface area (TPSA) is 89.6 Å². The highest BCUT2D eigenvalue weighted by Crippen LogP contribution is 2.30. The lowest BCUT2D eigenvalue weighted by atomic mass is 10.0. The Morgan fingerprint density at radius 2 is 1.68 bits per heavy atom. The summed E-state index contributed by atoms with van der Waals surface area (Å²) in [5.41, 5.74) is -1.40. The number of halogens is 6. The molecule has 2 rings (SSSR count). The van der Waals surface area contributed by atoms with Gasteiger partial charge in [-0.05, 0) is 51.5 Å². The van der Waals surface area contributed by atoms with Crippen LogP contribution in [0.4, 0.5) is 31.1 Å². The lowest BCUT2D eigenvalue weighted by Crippen LogP contribution is -2.49. The molecule has 0 aliphatic carbocycles. The van der Waals surface area contributed by atoms with E-state index >= 15 is 0 Å². The molecule has 1 aromatic heterocycles. The first-order chi connectivity index (χ1) is 16.9. The first-order valence-electron chi connectivity index (χ1n) is 11.0. The predicted octanol–water partition coefficient (Wildman–Crippen LogP) is 5.35. The van der Waals surface area contributed by atoms with E-state index in [9.17, 15) is 35.9 Å². The molecule has 2 aromatic rings. The van der Waals surface area contributed by atoms with Gasteiger partial charge in [0.25, 0.3) is 0 Å². The molecule has 37 heavy (non-hydrogen) atoms. The molecule has 0 aliphatic heterocycles. The van der Waals surface area contributed by atoms with Gasteiger partial charge < -0.3 is 20.1 Å². The number of pyridine rings is 1. The average molecular weight is 535 g/mol. The smallest absolute Gasteiger partial charge is 0.422 e. The van der Waals surface area contributed by atoms with Gasteiger partial charge in [-0.15, -0.1) is 0 Å². The number of rotatable bonds is 8. The zero-order valence-corrected chi connectivity index (χ0v) is 20.5. The van der Waals surface area contributed by atoms with Crippen LogP contribution in [0.5, 0.6) is 5.75 Å². The average Bonchev–Trinajstić information content (AvgIpc) is 2.75. The molecule has 0 fully saturated rings. The molecular weight excluding hydrogens is 508 g/mol. The van der Waals surface area contributed by atoms with Crippen molar-refractivity contribution >= 4 is 12.0 Å². The van der Waals surface area contributed by atoms with Crippen LogP contribution >= 0.6 is 0 Å². The second-order valence-corrected chi connectivity index (χ2v) is 9.15. The molecule has 0 saturated carbocycles. The maximum Gasteiger partial charge on any atom is 0.422 e. The Hall–Kier alpha value is -3.51. The van der Waals surface area contributed by atoms with E-state index in [1.807, 2.05) is 0 Å². The number of aromatic nitrogens is 1. The van der Waals surface area contributed by atoms with Crippen molar-refractivity contribution < 1.29 is 45.4 Å². The molecule has 0 spiro atoms.